The summed E-state index contributed by atoms with van der Waals surface area (Å²) >= 11 is 0. The third kappa shape index (κ3) is 4.01. The molecule has 0 bridgehead atoms. The minimum absolute atomic E-state index is 0.207. The van der Waals surface area contributed by atoms with Gasteiger partial charge in [0.25, 0.3) is 0 Å². The fraction of sp³-hybridized carbons (Fsp3) is 0.727. The summed E-state index contributed by atoms with van der Waals surface area (Å²) in [5.74, 6) is 1.06. The standard InChI is InChI=1S/C11H21N3O/c1-3-10(12)9-11-13-5-6-14(11)7-8-15-4-2/h5-6,10H,3-4,7-9,12H2,1-2H3. The van der Waals surface area contributed by atoms with E-state index in [2.05, 4.69) is 16.5 Å². The van der Waals surface area contributed by atoms with Crippen LogP contribution in [-0.4, -0.2) is 28.8 Å². The zero-order valence-corrected chi connectivity index (χ0v) is 9.65. The molecule has 1 atom stereocenters. The first-order valence-electron chi connectivity index (χ1n) is 5.61. The van der Waals surface area contributed by atoms with E-state index in [0.717, 1.165) is 38.4 Å². The molecular formula is C11H21N3O. The fourth-order valence-electron chi connectivity index (χ4n) is 1.42. The van der Waals surface area contributed by atoms with E-state index in [1.54, 1.807) is 0 Å². The summed E-state index contributed by atoms with van der Waals surface area (Å²) in [4.78, 5) is 4.31. The topological polar surface area (TPSA) is 53.1 Å². The van der Waals surface area contributed by atoms with Gasteiger partial charge in [-0.3, -0.25) is 0 Å². The van der Waals surface area contributed by atoms with Crippen molar-refractivity contribution in [2.75, 3.05) is 13.2 Å². The Morgan fingerprint density at radius 1 is 1.53 bits per heavy atom. The summed E-state index contributed by atoms with van der Waals surface area (Å²) in [5.41, 5.74) is 5.90. The van der Waals surface area contributed by atoms with Gasteiger partial charge in [0.2, 0.25) is 0 Å². The second-order valence-corrected chi connectivity index (χ2v) is 3.61. The van der Waals surface area contributed by atoms with Crippen LogP contribution in [0.15, 0.2) is 12.4 Å². The molecule has 2 N–H and O–H groups in total. The molecule has 0 fully saturated rings. The van der Waals surface area contributed by atoms with E-state index in [1.807, 2.05) is 19.3 Å². The van der Waals surface area contributed by atoms with Gasteiger partial charge in [0, 0.05) is 38.0 Å². The Morgan fingerprint density at radius 2 is 2.33 bits per heavy atom. The lowest BCUT2D eigenvalue weighted by Gasteiger charge is -2.11. The quantitative estimate of drug-likeness (QED) is 0.689. The first kappa shape index (κ1) is 12.2. The third-order valence-electron chi connectivity index (χ3n) is 2.45. The van der Waals surface area contributed by atoms with E-state index in [4.69, 9.17) is 10.5 Å². The van der Waals surface area contributed by atoms with Crippen molar-refractivity contribution in [3.05, 3.63) is 18.2 Å². The van der Waals surface area contributed by atoms with E-state index in [-0.39, 0.29) is 6.04 Å². The van der Waals surface area contributed by atoms with E-state index >= 15 is 0 Å². The molecule has 4 nitrogen and oxygen atoms in total. The lowest BCUT2D eigenvalue weighted by Crippen LogP contribution is -2.24. The van der Waals surface area contributed by atoms with Crippen LogP contribution in [0.5, 0.6) is 0 Å². The van der Waals surface area contributed by atoms with Crippen LogP contribution < -0.4 is 5.73 Å². The maximum atomic E-state index is 5.90. The van der Waals surface area contributed by atoms with Gasteiger partial charge < -0.3 is 15.0 Å². The molecule has 0 spiro atoms. The van der Waals surface area contributed by atoms with E-state index < -0.39 is 0 Å². The minimum Gasteiger partial charge on any atom is -0.380 e. The highest BCUT2D eigenvalue weighted by molar-refractivity contribution is 4.94. The Hall–Kier alpha value is -0.870. The van der Waals surface area contributed by atoms with Crippen molar-refractivity contribution in [3.63, 3.8) is 0 Å². The van der Waals surface area contributed by atoms with E-state index in [1.165, 1.54) is 0 Å². The van der Waals surface area contributed by atoms with Crippen LogP contribution >= 0.6 is 0 Å². The Morgan fingerprint density at radius 3 is 3.00 bits per heavy atom. The SMILES string of the molecule is CCOCCn1ccnc1CC(N)CC. The number of hydrogen-bond donors (Lipinski definition) is 1. The molecule has 4 heteroatoms. The summed E-state index contributed by atoms with van der Waals surface area (Å²) in [6, 6.07) is 0.207. The Labute approximate surface area is 91.4 Å². The van der Waals surface area contributed by atoms with Crippen molar-refractivity contribution in [2.45, 2.75) is 39.3 Å². The summed E-state index contributed by atoms with van der Waals surface area (Å²) in [6.07, 6.45) is 5.63. The summed E-state index contributed by atoms with van der Waals surface area (Å²) in [5, 5.41) is 0. The van der Waals surface area contributed by atoms with Crippen LogP contribution in [0.3, 0.4) is 0 Å². The van der Waals surface area contributed by atoms with Crippen LogP contribution in [0.25, 0.3) is 0 Å². The van der Waals surface area contributed by atoms with Gasteiger partial charge in [0.1, 0.15) is 5.82 Å². The van der Waals surface area contributed by atoms with Crippen LogP contribution in [0.2, 0.25) is 0 Å². The van der Waals surface area contributed by atoms with Gasteiger partial charge in [-0.05, 0) is 13.3 Å². The van der Waals surface area contributed by atoms with Crippen LogP contribution in [0.1, 0.15) is 26.1 Å². The molecule has 0 amide bonds. The molecule has 0 aliphatic carbocycles. The molecule has 0 saturated heterocycles. The number of aromatic nitrogens is 2. The first-order valence-corrected chi connectivity index (χ1v) is 5.61. The number of nitrogens with two attached hydrogens (primary N) is 1. The van der Waals surface area contributed by atoms with Crippen LogP contribution in [0.4, 0.5) is 0 Å². The molecule has 0 aliphatic rings. The lowest BCUT2D eigenvalue weighted by molar-refractivity contribution is 0.138. The van der Waals surface area contributed by atoms with Gasteiger partial charge in [-0.1, -0.05) is 6.92 Å². The Kier molecular flexibility index (Phi) is 5.36. The molecule has 15 heavy (non-hydrogen) atoms. The molecule has 0 saturated carbocycles. The van der Waals surface area contributed by atoms with Crippen molar-refractivity contribution in [2.24, 2.45) is 5.73 Å². The Bertz CT molecular complexity index is 273. The largest absolute Gasteiger partial charge is 0.380 e. The van der Waals surface area contributed by atoms with Gasteiger partial charge in [0.15, 0.2) is 0 Å². The number of nitrogens with zero attached hydrogens (tertiary/aromatic N) is 2. The number of ether oxygens (including phenoxy) is 1. The van der Waals surface area contributed by atoms with Gasteiger partial charge in [-0.15, -0.1) is 0 Å². The molecule has 1 aromatic rings. The molecule has 0 aromatic carbocycles. The number of rotatable bonds is 7. The molecule has 86 valence electrons. The summed E-state index contributed by atoms with van der Waals surface area (Å²) in [7, 11) is 0. The maximum absolute atomic E-state index is 5.90. The van der Waals surface area contributed by atoms with Crippen molar-refractivity contribution in [1.82, 2.24) is 9.55 Å². The summed E-state index contributed by atoms with van der Waals surface area (Å²) < 4.78 is 7.43. The molecule has 1 aromatic heterocycles. The minimum atomic E-state index is 0.207. The molecule has 1 heterocycles. The summed E-state index contributed by atoms with van der Waals surface area (Å²) in [6.45, 7) is 6.46. The normalized spacial score (nSPS) is 13.0. The van der Waals surface area contributed by atoms with E-state index in [0.29, 0.717) is 0 Å². The van der Waals surface area contributed by atoms with E-state index in [9.17, 15) is 0 Å². The highest BCUT2D eigenvalue weighted by Crippen LogP contribution is 2.02. The molecular weight excluding hydrogens is 190 g/mol. The van der Waals surface area contributed by atoms with Gasteiger partial charge in [-0.2, -0.15) is 0 Å². The first-order chi connectivity index (χ1) is 7.27. The second-order valence-electron chi connectivity index (χ2n) is 3.61. The highest BCUT2D eigenvalue weighted by Gasteiger charge is 2.06. The Balaban J connectivity index is 2.45. The number of hydrogen-bond acceptors (Lipinski definition) is 3. The molecule has 1 rings (SSSR count). The monoisotopic (exact) mass is 211 g/mol. The average molecular weight is 211 g/mol. The van der Waals surface area contributed by atoms with Crippen molar-refractivity contribution in [1.29, 1.82) is 0 Å². The molecule has 0 radical (unpaired) electrons. The predicted molar refractivity (Wildman–Crippen MR) is 60.7 cm³/mol. The van der Waals surface area contributed by atoms with Crippen molar-refractivity contribution >= 4 is 0 Å². The molecule has 1 unspecified atom stereocenters. The predicted octanol–water partition coefficient (Wildman–Crippen LogP) is 1.20. The van der Waals surface area contributed by atoms with Crippen molar-refractivity contribution in [3.8, 4) is 0 Å². The second kappa shape index (κ2) is 6.58. The molecule has 0 aliphatic heterocycles. The third-order valence-corrected chi connectivity index (χ3v) is 2.45. The average Bonchev–Trinajstić information content (AvgIpc) is 2.66. The maximum Gasteiger partial charge on any atom is 0.110 e. The smallest absolute Gasteiger partial charge is 0.110 e. The van der Waals surface area contributed by atoms with Crippen LogP contribution in [-0.2, 0) is 17.7 Å². The fourth-order valence-corrected chi connectivity index (χ4v) is 1.42. The van der Waals surface area contributed by atoms with Crippen molar-refractivity contribution < 1.29 is 4.74 Å². The zero-order chi connectivity index (χ0) is 11.1. The van der Waals surface area contributed by atoms with Gasteiger partial charge >= 0.3 is 0 Å². The lowest BCUT2D eigenvalue weighted by atomic mass is 10.1. The zero-order valence-electron chi connectivity index (χ0n) is 9.65. The van der Waals surface area contributed by atoms with Gasteiger partial charge in [0.05, 0.1) is 6.61 Å². The highest BCUT2D eigenvalue weighted by atomic mass is 16.5. The van der Waals surface area contributed by atoms with Gasteiger partial charge in [-0.25, -0.2) is 4.98 Å². The number of imidazole rings is 1. The van der Waals surface area contributed by atoms with Crippen LogP contribution in [0, 0.1) is 0 Å².